The Bertz CT molecular complexity index is 933. The molecule has 1 aliphatic rings. The summed E-state index contributed by atoms with van der Waals surface area (Å²) in [4.78, 5) is 15.1. The van der Waals surface area contributed by atoms with Crippen molar-refractivity contribution in [1.82, 2.24) is 4.90 Å². The predicted molar refractivity (Wildman–Crippen MR) is 121 cm³/mol. The summed E-state index contributed by atoms with van der Waals surface area (Å²) in [6.45, 7) is 4.83. The normalized spacial score (nSPS) is 16.5. The lowest BCUT2D eigenvalue weighted by atomic mass is 10.1. The summed E-state index contributed by atoms with van der Waals surface area (Å²) >= 11 is 4.22. The predicted octanol–water partition coefficient (Wildman–Crippen LogP) is 6.34. The van der Waals surface area contributed by atoms with E-state index in [1.807, 2.05) is 30.0 Å². The average Bonchev–Trinajstić information content (AvgIpc) is 2.86. The molecular weight excluding hydrogens is 555 g/mol. The number of hydrogen-bond acceptors (Lipinski definition) is 2. The summed E-state index contributed by atoms with van der Waals surface area (Å²) in [5, 5.41) is 0. The molecule has 0 unspecified atom stereocenters. The van der Waals surface area contributed by atoms with Gasteiger partial charge in [0.2, 0.25) is 5.78 Å². The Morgan fingerprint density at radius 2 is 1.88 bits per heavy atom. The molecule has 0 fully saturated rings. The number of aryl methyl sites for hydroxylation is 1. The van der Waals surface area contributed by atoms with Crippen molar-refractivity contribution in [1.29, 1.82) is 0 Å². The van der Waals surface area contributed by atoms with Crippen molar-refractivity contribution in [2.75, 3.05) is 6.54 Å². The van der Waals surface area contributed by atoms with Crippen LogP contribution in [-0.4, -0.2) is 17.2 Å². The van der Waals surface area contributed by atoms with Crippen molar-refractivity contribution in [3.63, 3.8) is 0 Å². The molecular formula is C21H18FI2NO. The molecule has 0 aliphatic carbocycles. The number of ketones is 1. The fraction of sp³-hybridized carbons (Fsp3) is 0.190. The molecule has 1 aliphatic heterocycles. The Kier molecular flexibility index (Phi) is 6.17. The molecule has 0 radical (unpaired) electrons. The highest BCUT2D eigenvalue weighted by atomic mass is 127. The molecule has 2 aromatic carbocycles. The lowest BCUT2D eigenvalue weighted by Gasteiger charge is -2.24. The van der Waals surface area contributed by atoms with Crippen molar-refractivity contribution >= 4 is 60.2 Å². The maximum absolute atomic E-state index is 14.3. The number of allylic oxidation sites excluding steroid dienone is 1. The van der Waals surface area contributed by atoms with Gasteiger partial charge in [0.15, 0.2) is 0 Å². The van der Waals surface area contributed by atoms with Crippen LogP contribution < -0.4 is 0 Å². The summed E-state index contributed by atoms with van der Waals surface area (Å²) < 4.78 is 15.7. The molecule has 2 aromatic rings. The van der Waals surface area contributed by atoms with Crippen LogP contribution in [0.2, 0.25) is 0 Å². The summed E-state index contributed by atoms with van der Waals surface area (Å²) in [5.41, 5.74) is 4.11. The quantitative estimate of drug-likeness (QED) is 0.315. The van der Waals surface area contributed by atoms with E-state index in [9.17, 15) is 9.18 Å². The summed E-state index contributed by atoms with van der Waals surface area (Å²) in [5.74, 6) is -0.351. The molecule has 0 spiro atoms. The molecule has 26 heavy (non-hydrogen) atoms. The minimum Gasteiger partial charge on any atom is -0.336 e. The molecule has 0 saturated carbocycles. The monoisotopic (exact) mass is 573 g/mol. The Labute approximate surface area is 180 Å². The zero-order valence-electron chi connectivity index (χ0n) is 14.5. The largest absolute Gasteiger partial charge is 0.336 e. The second-order valence-electron chi connectivity index (χ2n) is 6.16. The van der Waals surface area contributed by atoms with Crippen LogP contribution in [0.5, 0.6) is 0 Å². The number of carbonyl (C=O) groups excluding carboxylic acids is 1. The molecule has 1 heterocycles. The highest BCUT2D eigenvalue weighted by Crippen LogP contribution is 2.43. The van der Waals surface area contributed by atoms with Gasteiger partial charge in [-0.15, -0.1) is 0 Å². The Morgan fingerprint density at radius 3 is 2.54 bits per heavy atom. The first-order valence-electron chi connectivity index (χ1n) is 8.39. The molecule has 0 saturated heterocycles. The number of hydrogen-bond donors (Lipinski definition) is 0. The number of rotatable bonds is 4. The Balaban J connectivity index is 2.19. The Morgan fingerprint density at radius 1 is 1.15 bits per heavy atom. The van der Waals surface area contributed by atoms with Crippen molar-refractivity contribution in [2.45, 2.75) is 20.3 Å². The zero-order valence-corrected chi connectivity index (χ0v) is 18.8. The fourth-order valence-electron chi connectivity index (χ4n) is 3.07. The van der Waals surface area contributed by atoms with Gasteiger partial charge in [-0.25, -0.2) is 4.39 Å². The van der Waals surface area contributed by atoms with Crippen LogP contribution in [0.25, 0.3) is 9.28 Å². The lowest BCUT2D eigenvalue weighted by Crippen LogP contribution is -2.21. The van der Waals surface area contributed by atoms with Gasteiger partial charge < -0.3 is 4.90 Å². The molecule has 0 aromatic heterocycles. The van der Waals surface area contributed by atoms with Crippen LogP contribution in [0, 0.1) is 12.7 Å². The molecule has 2 nitrogen and oxygen atoms in total. The number of carbonyl (C=O) groups is 1. The first-order valence-corrected chi connectivity index (χ1v) is 10.5. The third-order valence-corrected chi connectivity index (χ3v) is 6.31. The van der Waals surface area contributed by atoms with Crippen LogP contribution in [0.3, 0.4) is 0 Å². The summed E-state index contributed by atoms with van der Waals surface area (Å²) in [6, 6.07) is 14.8. The van der Waals surface area contributed by atoms with Gasteiger partial charge in [-0.05, 0) is 76.2 Å². The maximum atomic E-state index is 14.3. The van der Waals surface area contributed by atoms with E-state index in [1.54, 1.807) is 18.2 Å². The van der Waals surface area contributed by atoms with Gasteiger partial charge in [-0.2, -0.15) is 0 Å². The van der Waals surface area contributed by atoms with E-state index >= 15 is 0 Å². The van der Waals surface area contributed by atoms with E-state index in [1.165, 1.54) is 6.07 Å². The molecule has 134 valence electrons. The van der Waals surface area contributed by atoms with Crippen LogP contribution in [0.15, 0.2) is 57.8 Å². The molecule has 0 amide bonds. The third-order valence-electron chi connectivity index (χ3n) is 4.22. The Hall–Kier alpha value is -1.22. The van der Waals surface area contributed by atoms with Gasteiger partial charge in [0.05, 0.1) is 12.9 Å². The molecule has 0 bridgehead atoms. The van der Waals surface area contributed by atoms with Crippen molar-refractivity contribution < 1.29 is 9.18 Å². The van der Waals surface area contributed by atoms with Crippen LogP contribution in [-0.2, 0) is 4.79 Å². The molecule has 0 N–H and O–H groups in total. The van der Waals surface area contributed by atoms with E-state index < -0.39 is 0 Å². The van der Waals surface area contributed by atoms with E-state index in [0.717, 1.165) is 23.2 Å². The van der Waals surface area contributed by atoms with Crippen molar-refractivity contribution in [2.24, 2.45) is 0 Å². The van der Waals surface area contributed by atoms with Gasteiger partial charge in [-0.3, -0.25) is 4.79 Å². The number of halogens is 3. The van der Waals surface area contributed by atoms with Gasteiger partial charge in [0, 0.05) is 12.1 Å². The van der Waals surface area contributed by atoms with Crippen molar-refractivity contribution in [3.8, 4) is 0 Å². The topological polar surface area (TPSA) is 20.3 Å². The average molecular weight is 573 g/mol. The first kappa shape index (κ1) is 19.5. The molecule has 3 rings (SSSR count). The number of benzene rings is 2. The van der Waals surface area contributed by atoms with Gasteiger partial charge in [-0.1, -0.05) is 48.9 Å². The van der Waals surface area contributed by atoms with Crippen LogP contribution in [0.4, 0.5) is 4.39 Å². The van der Waals surface area contributed by atoms with Gasteiger partial charge >= 0.3 is 0 Å². The summed E-state index contributed by atoms with van der Waals surface area (Å²) in [7, 11) is 0. The summed E-state index contributed by atoms with van der Waals surface area (Å²) in [6.07, 6.45) is 0.886. The maximum Gasteiger partial charge on any atom is 0.218 e. The van der Waals surface area contributed by atoms with E-state index in [0.29, 0.717) is 25.0 Å². The molecule has 5 heteroatoms. The second-order valence-corrected chi connectivity index (χ2v) is 8.31. The zero-order chi connectivity index (χ0) is 18.8. The van der Waals surface area contributed by atoms with E-state index in [4.69, 9.17) is 0 Å². The fourth-order valence-corrected chi connectivity index (χ4v) is 4.90. The van der Waals surface area contributed by atoms with Gasteiger partial charge in [0.25, 0.3) is 0 Å². The third kappa shape index (κ3) is 3.60. The van der Waals surface area contributed by atoms with E-state index in [2.05, 4.69) is 58.2 Å². The minimum atomic E-state index is -0.312. The van der Waals surface area contributed by atoms with E-state index in [-0.39, 0.29) is 11.6 Å². The second kappa shape index (κ2) is 8.21. The van der Waals surface area contributed by atoms with Crippen LogP contribution in [0.1, 0.15) is 30.0 Å². The highest BCUT2D eigenvalue weighted by molar-refractivity contribution is 14.1. The van der Waals surface area contributed by atoms with Crippen molar-refractivity contribution in [3.05, 3.63) is 80.3 Å². The smallest absolute Gasteiger partial charge is 0.218 e. The first-order chi connectivity index (χ1) is 12.5. The van der Waals surface area contributed by atoms with Crippen LogP contribution >= 0.6 is 45.2 Å². The minimum absolute atomic E-state index is 0.0387. The van der Waals surface area contributed by atoms with Gasteiger partial charge in [0.1, 0.15) is 11.5 Å². The lowest BCUT2D eigenvalue weighted by molar-refractivity contribution is -0.111. The highest BCUT2D eigenvalue weighted by Gasteiger charge is 2.36. The number of Topliss-reactive ketones (excluding diaryl/α,β-unsaturated/α-hetero) is 1. The standard InChI is InChI=1S/C21H18FI2NO/c1-3-11-25-19(14-8-6-7-13(2)12-14)18(24)21(26)20(25)17(23)15-9-4-5-10-16(15)22/h4-10,12H,3,11H2,1-2H3/b20-17+. The SMILES string of the molecule is CCCN1C(c2cccc(C)c2)=C(I)C(=O)/C1=C(\I)c1ccccc1F. The molecule has 0 atom stereocenters. The number of nitrogens with zero attached hydrogens (tertiary/aromatic N) is 1.